The van der Waals surface area contributed by atoms with Gasteiger partial charge in [-0.1, -0.05) is 138 Å². The molecule has 6 N–H and O–H groups in total. The Balaban J connectivity index is 2.48. The summed E-state index contributed by atoms with van der Waals surface area (Å²) < 4.78 is 33.5. The molecule has 1 fully saturated rings. The number of phosphoric acid groups is 1. The fourth-order valence-corrected chi connectivity index (χ4v) is 7.40. The van der Waals surface area contributed by atoms with Crippen molar-refractivity contribution in [2.45, 2.75) is 198 Å². The van der Waals surface area contributed by atoms with Crippen LogP contribution in [0.1, 0.15) is 155 Å². The van der Waals surface area contributed by atoms with E-state index in [1.165, 1.54) is 0 Å². The maximum absolute atomic E-state index is 12.8. The number of ether oxygens (including phenoxy) is 2. The molecule has 1 aliphatic rings. The van der Waals surface area contributed by atoms with Crippen molar-refractivity contribution in [2.75, 3.05) is 13.2 Å². The third-order valence-corrected chi connectivity index (χ3v) is 11.0. The van der Waals surface area contributed by atoms with Gasteiger partial charge in [-0.05, 0) is 77.0 Å². The van der Waals surface area contributed by atoms with E-state index < -0.39 is 75.7 Å². The van der Waals surface area contributed by atoms with Crippen molar-refractivity contribution in [1.29, 1.82) is 0 Å². The van der Waals surface area contributed by atoms with Gasteiger partial charge < -0.3 is 39.9 Å². The standard InChI is InChI=1S/C47H79O13P/c1-3-5-7-9-11-13-15-17-19-20-22-24-26-28-30-32-34-36-41(49)59-39(38-58-61(55,56)60-47-45(53)43(51)42(50)44(52)46(47)54)37-57-40(48)35-33-31-29-27-25-23-21-18-16-14-12-10-8-6-4-2/h5-8,11-14,17-19,21,39,42-47,50-54H,3-4,9-10,15-16,20,22-38H2,1-2H3,(H,55,56)/b7-5-,8-6-,13-11-,14-12-,19-17-,21-18-. The monoisotopic (exact) mass is 883 g/mol. The largest absolute Gasteiger partial charge is 0.472 e. The van der Waals surface area contributed by atoms with Gasteiger partial charge in [-0.25, -0.2) is 4.57 Å². The van der Waals surface area contributed by atoms with Crippen molar-refractivity contribution in [3.05, 3.63) is 72.9 Å². The highest BCUT2D eigenvalue weighted by Crippen LogP contribution is 2.47. The van der Waals surface area contributed by atoms with E-state index in [9.17, 15) is 44.6 Å². The second-order valence-electron chi connectivity index (χ2n) is 15.5. The zero-order chi connectivity index (χ0) is 45.0. The first-order valence-electron chi connectivity index (χ1n) is 22.7. The Morgan fingerprint density at radius 2 is 0.885 bits per heavy atom. The van der Waals surface area contributed by atoms with Crippen molar-refractivity contribution < 1.29 is 63.1 Å². The van der Waals surface area contributed by atoms with Crippen molar-refractivity contribution in [2.24, 2.45) is 0 Å². The van der Waals surface area contributed by atoms with Crippen LogP contribution in [0.25, 0.3) is 0 Å². The lowest BCUT2D eigenvalue weighted by Gasteiger charge is -2.41. The second kappa shape index (κ2) is 36.7. The summed E-state index contributed by atoms with van der Waals surface area (Å²) in [5.41, 5.74) is 0. The average molecular weight is 883 g/mol. The maximum Gasteiger partial charge on any atom is 0.472 e. The minimum absolute atomic E-state index is 0.0776. The lowest BCUT2D eigenvalue weighted by atomic mass is 9.85. The van der Waals surface area contributed by atoms with Gasteiger partial charge in [0.15, 0.2) is 6.10 Å². The van der Waals surface area contributed by atoms with Crippen molar-refractivity contribution in [1.82, 2.24) is 0 Å². The van der Waals surface area contributed by atoms with Crippen LogP contribution in [0.15, 0.2) is 72.9 Å². The average Bonchev–Trinajstić information content (AvgIpc) is 3.24. The van der Waals surface area contributed by atoms with Crippen LogP contribution in [0.4, 0.5) is 0 Å². The van der Waals surface area contributed by atoms with Crippen LogP contribution in [0, 0.1) is 0 Å². The highest BCUT2D eigenvalue weighted by Gasteiger charge is 2.51. The van der Waals surface area contributed by atoms with Gasteiger partial charge in [-0.15, -0.1) is 0 Å². The summed E-state index contributed by atoms with van der Waals surface area (Å²) >= 11 is 0. The van der Waals surface area contributed by atoms with Crippen LogP contribution >= 0.6 is 7.82 Å². The first-order chi connectivity index (χ1) is 29.4. The van der Waals surface area contributed by atoms with E-state index in [4.69, 9.17) is 18.5 Å². The Labute approximate surface area is 365 Å². The highest BCUT2D eigenvalue weighted by atomic mass is 31.2. The molecule has 0 aromatic carbocycles. The number of hydrogen-bond acceptors (Lipinski definition) is 12. The molecule has 1 rings (SSSR count). The van der Waals surface area contributed by atoms with E-state index in [1.54, 1.807) is 0 Å². The van der Waals surface area contributed by atoms with Crippen molar-refractivity contribution in [3.63, 3.8) is 0 Å². The summed E-state index contributed by atoms with van der Waals surface area (Å²) in [6.07, 6.45) is 32.4. The number of hydrogen-bond donors (Lipinski definition) is 6. The number of rotatable bonds is 36. The Morgan fingerprint density at radius 3 is 1.34 bits per heavy atom. The molecule has 6 unspecified atom stereocenters. The molecule has 1 aliphatic carbocycles. The zero-order valence-electron chi connectivity index (χ0n) is 36.9. The Hall–Kier alpha value is -2.71. The van der Waals surface area contributed by atoms with Gasteiger partial charge in [-0.2, -0.15) is 0 Å². The lowest BCUT2D eigenvalue weighted by molar-refractivity contribution is -0.220. The number of allylic oxidation sites excluding steroid dienone is 12. The van der Waals surface area contributed by atoms with Crippen LogP contribution in [0.2, 0.25) is 0 Å². The quantitative estimate of drug-likeness (QED) is 0.0151. The number of unbranched alkanes of at least 4 members (excludes halogenated alkanes) is 12. The van der Waals surface area contributed by atoms with Crippen molar-refractivity contribution >= 4 is 19.8 Å². The zero-order valence-corrected chi connectivity index (χ0v) is 37.8. The minimum atomic E-state index is -5.13. The molecule has 350 valence electrons. The molecule has 0 radical (unpaired) electrons. The van der Waals surface area contributed by atoms with Crippen LogP contribution in [-0.2, 0) is 32.7 Å². The van der Waals surface area contributed by atoms with Gasteiger partial charge in [0.1, 0.15) is 43.2 Å². The number of carbonyl (C=O) groups excluding carboxylic acids is 2. The van der Waals surface area contributed by atoms with Gasteiger partial charge in [-0.3, -0.25) is 18.6 Å². The predicted molar refractivity (Wildman–Crippen MR) is 239 cm³/mol. The molecule has 0 saturated heterocycles. The molecule has 14 heteroatoms. The summed E-state index contributed by atoms with van der Waals surface area (Å²) in [7, 11) is -5.13. The molecular formula is C47H79O13P. The maximum atomic E-state index is 12.8. The molecule has 0 aromatic rings. The number of carbonyl (C=O) groups is 2. The summed E-state index contributed by atoms with van der Waals surface area (Å²) in [5.74, 6) is -1.14. The SMILES string of the molecule is CC/C=C\C/C=C\C/C=C\CCCCCCCCCC(=O)OC(COC(=O)CCCCCCC/C=C\C/C=C\C/C=C\CC)COP(=O)(O)OC1C(O)C(O)C(O)C(O)C1O. The second-order valence-corrected chi connectivity index (χ2v) is 16.9. The molecule has 1 saturated carbocycles. The van der Waals surface area contributed by atoms with Crippen LogP contribution in [-0.4, -0.2) is 98.3 Å². The van der Waals surface area contributed by atoms with Gasteiger partial charge in [0, 0.05) is 12.8 Å². The third-order valence-electron chi connectivity index (χ3n) is 10.0. The fourth-order valence-electron chi connectivity index (χ4n) is 6.43. The predicted octanol–water partition coefficient (Wildman–Crippen LogP) is 8.72. The van der Waals surface area contributed by atoms with E-state index in [0.717, 1.165) is 116 Å². The van der Waals surface area contributed by atoms with Crippen LogP contribution < -0.4 is 0 Å². The van der Waals surface area contributed by atoms with E-state index >= 15 is 0 Å². The third kappa shape index (κ3) is 29.3. The van der Waals surface area contributed by atoms with E-state index in [-0.39, 0.29) is 12.8 Å². The highest BCUT2D eigenvalue weighted by molar-refractivity contribution is 7.47. The van der Waals surface area contributed by atoms with Crippen LogP contribution in [0.3, 0.4) is 0 Å². The van der Waals surface area contributed by atoms with E-state index in [0.29, 0.717) is 12.8 Å². The molecule has 0 amide bonds. The number of aliphatic hydroxyl groups is 5. The molecule has 0 aliphatic heterocycles. The van der Waals surface area contributed by atoms with E-state index in [1.807, 2.05) is 0 Å². The smallest absolute Gasteiger partial charge is 0.462 e. The number of aliphatic hydroxyl groups excluding tert-OH is 5. The van der Waals surface area contributed by atoms with Crippen molar-refractivity contribution in [3.8, 4) is 0 Å². The molecule has 0 bridgehead atoms. The summed E-state index contributed by atoms with van der Waals surface area (Å²) in [4.78, 5) is 35.7. The molecule has 6 atom stereocenters. The fraction of sp³-hybridized carbons (Fsp3) is 0.702. The van der Waals surface area contributed by atoms with Crippen LogP contribution in [0.5, 0.6) is 0 Å². The molecule has 0 spiro atoms. The number of phosphoric ester groups is 1. The van der Waals surface area contributed by atoms with Gasteiger partial charge in [0.25, 0.3) is 0 Å². The molecule has 13 nitrogen and oxygen atoms in total. The first-order valence-corrected chi connectivity index (χ1v) is 24.2. The number of esters is 2. The molecule has 0 aromatic heterocycles. The molecular weight excluding hydrogens is 803 g/mol. The Kier molecular flexibility index (Phi) is 33.9. The first kappa shape index (κ1) is 56.3. The van der Waals surface area contributed by atoms with Gasteiger partial charge in [0.2, 0.25) is 0 Å². The molecule has 0 heterocycles. The van der Waals surface area contributed by atoms with Gasteiger partial charge >= 0.3 is 19.8 Å². The minimum Gasteiger partial charge on any atom is -0.462 e. The Morgan fingerprint density at radius 1 is 0.508 bits per heavy atom. The normalized spacial score (nSPS) is 22.7. The van der Waals surface area contributed by atoms with E-state index in [2.05, 4.69) is 86.8 Å². The lowest BCUT2D eigenvalue weighted by Crippen LogP contribution is -2.64. The summed E-state index contributed by atoms with van der Waals surface area (Å²) in [6.45, 7) is 3.04. The topological polar surface area (TPSA) is 210 Å². The summed E-state index contributed by atoms with van der Waals surface area (Å²) in [6, 6.07) is 0. The molecule has 61 heavy (non-hydrogen) atoms. The summed E-state index contributed by atoms with van der Waals surface area (Å²) in [5, 5.41) is 50.1. The Bertz CT molecular complexity index is 1340. The van der Waals surface area contributed by atoms with Gasteiger partial charge in [0.05, 0.1) is 6.61 Å².